The van der Waals surface area contributed by atoms with Crippen LogP contribution in [0.25, 0.3) is 11.1 Å². The molecule has 0 unspecified atom stereocenters. The van der Waals surface area contributed by atoms with Crippen LogP contribution in [0.1, 0.15) is 12.0 Å². The molecule has 2 aromatic carbocycles. The first-order valence-electron chi connectivity index (χ1n) is 7.02. The van der Waals surface area contributed by atoms with Gasteiger partial charge in [-0.2, -0.15) is 13.2 Å². The van der Waals surface area contributed by atoms with Crippen LogP contribution >= 0.6 is 0 Å². The van der Waals surface area contributed by atoms with Crippen molar-refractivity contribution in [1.82, 2.24) is 0 Å². The van der Waals surface area contributed by atoms with Crippen LogP contribution < -0.4 is 4.74 Å². The van der Waals surface area contributed by atoms with Gasteiger partial charge in [-0.15, -0.1) is 0 Å². The van der Waals surface area contributed by atoms with Gasteiger partial charge in [0, 0.05) is 19.1 Å². The van der Waals surface area contributed by atoms with Crippen molar-refractivity contribution in [2.75, 3.05) is 13.2 Å². The summed E-state index contributed by atoms with van der Waals surface area (Å²) in [6.07, 6.45) is -4.12. The molecule has 0 aliphatic rings. The predicted molar refractivity (Wildman–Crippen MR) is 80.7 cm³/mol. The van der Waals surface area contributed by atoms with E-state index in [0.29, 0.717) is 17.5 Å². The highest BCUT2D eigenvalue weighted by molar-refractivity contribution is 5.68. The topological polar surface area (TPSA) is 72.6 Å². The molecule has 24 heavy (non-hydrogen) atoms. The van der Waals surface area contributed by atoms with E-state index in [1.54, 1.807) is 0 Å². The first-order chi connectivity index (χ1) is 11.3. The van der Waals surface area contributed by atoms with Crippen LogP contribution in [0.5, 0.6) is 5.75 Å². The number of nitro benzene ring substituents is 1. The number of nitro groups is 1. The molecular formula is C16H14F3NO4. The third-order valence-electron chi connectivity index (χ3n) is 3.26. The van der Waals surface area contributed by atoms with E-state index in [4.69, 9.17) is 9.84 Å². The van der Waals surface area contributed by atoms with Crippen molar-refractivity contribution in [1.29, 1.82) is 0 Å². The van der Waals surface area contributed by atoms with Crippen molar-refractivity contribution in [3.8, 4) is 16.9 Å². The molecule has 0 radical (unpaired) electrons. The van der Waals surface area contributed by atoms with E-state index in [0.717, 1.165) is 12.1 Å². The second-order valence-corrected chi connectivity index (χ2v) is 4.94. The van der Waals surface area contributed by atoms with Crippen LogP contribution in [0.15, 0.2) is 42.5 Å². The molecule has 0 atom stereocenters. The summed E-state index contributed by atoms with van der Waals surface area (Å²) < 4.78 is 43.1. The Labute approximate surface area is 135 Å². The van der Waals surface area contributed by atoms with Gasteiger partial charge in [0.1, 0.15) is 0 Å². The molecule has 0 amide bonds. The molecule has 0 bridgehead atoms. The smallest absolute Gasteiger partial charge is 0.416 e. The van der Waals surface area contributed by atoms with E-state index >= 15 is 0 Å². The number of rotatable bonds is 6. The number of nitrogens with zero attached hydrogens (tertiary/aromatic N) is 1. The number of benzene rings is 2. The number of ether oxygens (including phenoxy) is 1. The Hall–Kier alpha value is -2.61. The van der Waals surface area contributed by atoms with Gasteiger partial charge in [-0.3, -0.25) is 10.1 Å². The molecule has 0 aliphatic carbocycles. The molecule has 0 fully saturated rings. The zero-order chi connectivity index (χ0) is 17.7. The molecule has 1 N–H and O–H groups in total. The molecule has 0 spiro atoms. The first kappa shape index (κ1) is 17.7. The second kappa shape index (κ2) is 7.31. The summed E-state index contributed by atoms with van der Waals surface area (Å²) in [5.41, 5.74) is -0.0468. The second-order valence-electron chi connectivity index (χ2n) is 4.94. The minimum Gasteiger partial charge on any atom is -0.487 e. The van der Waals surface area contributed by atoms with Gasteiger partial charge in [0.25, 0.3) is 0 Å². The van der Waals surface area contributed by atoms with Crippen LogP contribution in [0.4, 0.5) is 18.9 Å². The minimum absolute atomic E-state index is 0.00541. The van der Waals surface area contributed by atoms with Gasteiger partial charge in [-0.05, 0) is 35.4 Å². The molecule has 8 heteroatoms. The number of aliphatic hydroxyl groups is 1. The van der Waals surface area contributed by atoms with Crippen molar-refractivity contribution in [2.24, 2.45) is 0 Å². The molecule has 2 aromatic rings. The predicted octanol–water partition coefficient (Wildman–Crippen LogP) is 4.04. The highest BCUT2D eigenvalue weighted by atomic mass is 19.4. The Morgan fingerprint density at radius 1 is 1.08 bits per heavy atom. The number of hydrogen-bond acceptors (Lipinski definition) is 4. The number of aliphatic hydroxyl groups excluding tert-OH is 1. The lowest BCUT2D eigenvalue weighted by atomic mass is 10.0. The molecular weight excluding hydrogens is 327 g/mol. The van der Waals surface area contributed by atoms with Gasteiger partial charge in [0.05, 0.1) is 17.1 Å². The quantitative estimate of drug-likeness (QED) is 0.489. The normalized spacial score (nSPS) is 11.3. The van der Waals surface area contributed by atoms with E-state index in [1.807, 2.05) is 0 Å². The first-order valence-corrected chi connectivity index (χ1v) is 7.02. The SMILES string of the molecule is O=[N+]([O-])c1ccc(-c2ccc(C(F)(F)F)cc2)cc1OCCCO. The van der Waals surface area contributed by atoms with Crippen molar-refractivity contribution < 1.29 is 27.9 Å². The Balaban J connectivity index is 2.33. The summed E-state index contributed by atoms with van der Waals surface area (Å²) in [5.74, 6) is 0.00541. The van der Waals surface area contributed by atoms with Gasteiger partial charge in [0.15, 0.2) is 5.75 Å². The van der Waals surface area contributed by atoms with Crippen molar-refractivity contribution in [2.45, 2.75) is 12.6 Å². The van der Waals surface area contributed by atoms with E-state index in [1.165, 1.54) is 30.3 Å². The average Bonchev–Trinajstić information content (AvgIpc) is 2.54. The summed E-state index contributed by atoms with van der Waals surface area (Å²) >= 11 is 0. The van der Waals surface area contributed by atoms with Crippen molar-refractivity contribution in [3.63, 3.8) is 0 Å². The maximum Gasteiger partial charge on any atom is 0.416 e. The van der Waals surface area contributed by atoms with Gasteiger partial charge >= 0.3 is 11.9 Å². The van der Waals surface area contributed by atoms with Crippen LogP contribution in [-0.2, 0) is 6.18 Å². The lowest BCUT2D eigenvalue weighted by Gasteiger charge is -2.10. The molecule has 0 aliphatic heterocycles. The maximum atomic E-state index is 12.6. The largest absolute Gasteiger partial charge is 0.487 e. The van der Waals surface area contributed by atoms with Crippen LogP contribution in [0.3, 0.4) is 0 Å². The van der Waals surface area contributed by atoms with Gasteiger partial charge in [-0.1, -0.05) is 12.1 Å². The Bertz CT molecular complexity index is 714. The Kier molecular flexibility index (Phi) is 5.40. The zero-order valence-electron chi connectivity index (χ0n) is 12.4. The average molecular weight is 341 g/mol. The van der Waals surface area contributed by atoms with E-state index in [2.05, 4.69) is 0 Å². The lowest BCUT2D eigenvalue weighted by Crippen LogP contribution is -2.04. The molecule has 0 saturated heterocycles. The third kappa shape index (κ3) is 4.23. The van der Waals surface area contributed by atoms with E-state index in [-0.39, 0.29) is 24.7 Å². The number of hydrogen-bond donors (Lipinski definition) is 1. The van der Waals surface area contributed by atoms with Gasteiger partial charge in [0.2, 0.25) is 0 Å². The molecule has 5 nitrogen and oxygen atoms in total. The number of halogens is 3. The maximum absolute atomic E-state index is 12.6. The minimum atomic E-state index is -4.42. The summed E-state index contributed by atoms with van der Waals surface area (Å²) in [4.78, 5) is 10.4. The molecule has 2 rings (SSSR count). The van der Waals surface area contributed by atoms with Crippen LogP contribution in [-0.4, -0.2) is 23.2 Å². The summed E-state index contributed by atoms with van der Waals surface area (Å²) in [5, 5.41) is 19.7. The Morgan fingerprint density at radius 2 is 1.71 bits per heavy atom. The Morgan fingerprint density at radius 3 is 2.25 bits per heavy atom. The summed E-state index contributed by atoms with van der Waals surface area (Å²) in [6, 6.07) is 8.56. The number of alkyl halides is 3. The van der Waals surface area contributed by atoms with Crippen molar-refractivity contribution >= 4 is 5.69 Å². The van der Waals surface area contributed by atoms with E-state index in [9.17, 15) is 23.3 Å². The monoisotopic (exact) mass is 341 g/mol. The molecule has 128 valence electrons. The zero-order valence-corrected chi connectivity index (χ0v) is 12.4. The molecule has 0 aromatic heterocycles. The molecule has 0 saturated carbocycles. The van der Waals surface area contributed by atoms with E-state index < -0.39 is 16.7 Å². The fraction of sp³-hybridized carbons (Fsp3) is 0.250. The fourth-order valence-corrected chi connectivity index (χ4v) is 2.06. The van der Waals surface area contributed by atoms with Gasteiger partial charge in [-0.25, -0.2) is 0 Å². The summed E-state index contributed by atoms with van der Waals surface area (Å²) in [6.45, 7) is -0.0276. The highest BCUT2D eigenvalue weighted by Gasteiger charge is 2.30. The highest BCUT2D eigenvalue weighted by Crippen LogP contribution is 2.34. The molecule has 0 heterocycles. The van der Waals surface area contributed by atoms with Crippen LogP contribution in [0, 0.1) is 10.1 Å². The third-order valence-corrected chi connectivity index (χ3v) is 3.26. The lowest BCUT2D eigenvalue weighted by molar-refractivity contribution is -0.385. The standard InChI is InChI=1S/C16H14F3NO4/c17-16(18,19)13-5-2-11(3-6-13)12-4-7-14(20(22)23)15(10-12)24-9-1-8-21/h2-7,10,21H,1,8-9H2. The van der Waals surface area contributed by atoms with Crippen LogP contribution in [0.2, 0.25) is 0 Å². The fourth-order valence-electron chi connectivity index (χ4n) is 2.06. The summed E-state index contributed by atoms with van der Waals surface area (Å²) in [7, 11) is 0. The van der Waals surface area contributed by atoms with Gasteiger partial charge < -0.3 is 9.84 Å². The van der Waals surface area contributed by atoms with Crippen molar-refractivity contribution in [3.05, 3.63) is 58.1 Å².